The number of thiazole rings is 1. The number of carbonyl (C=O) groups is 1. The number of H-pyrrole nitrogens is 1. The summed E-state index contributed by atoms with van der Waals surface area (Å²) in [5, 5.41) is 0. The summed E-state index contributed by atoms with van der Waals surface area (Å²) in [5.41, 5.74) is 5.22. The van der Waals surface area contributed by atoms with Crippen LogP contribution in [0.15, 0.2) is 9.59 Å². The van der Waals surface area contributed by atoms with Gasteiger partial charge in [-0.2, -0.15) is 4.98 Å². The third-order valence-electron chi connectivity index (χ3n) is 3.66. The number of rotatable bonds is 3. The van der Waals surface area contributed by atoms with Crippen molar-refractivity contribution in [3.8, 4) is 0 Å². The zero-order valence-electron chi connectivity index (χ0n) is 12.6. The van der Waals surface area contributed by atoms with Gasteiger partial charge in [0.1, 0.15) is 10.8 Å². The number of esters is 1. The molecular weight excluding hydrogens is 324 g/mol. The van der Waals surface area contributed by atoms with Gasteiger partial charge in [-0.15, -0.1) is 0 Å². The van der Waals surface area contributed by atoms with Crippen molar-refractivity contribution in [3.63, 3.8) is 0 Å². The minimum atomic E-state index is -0.821. The molecule has 124 valence electrons. The third kappa shape index (κ3) is 2.75. The van der Waals surface area contributed by atoms with Gasteiger partial charge in [-0.25, -0.2) is 0 Å². The first-order valence-electron chi connectivity index (χ1n) is 7.14. The Balaban J connectivity index is 2.14. The summed E-state index contributed by atoms with van der Waals surface area (Å²) in [6.07, 6.45) is -0.399. The van der Waals surface area contributed by atoms with E-state index in [0.29, 0.717) is 12.8 Å². The van der Waals surface area contributed by atoms with Crippen molar-refractivity contribution in [3.05, 3.63) is 20.0 Å². The van der Waals surface area contributed by atoms with Crippen LogP contribution < -0.4 is 16.2 Å². The molecule has 0 saturated carbocycles. The Morgan fingerprint density at radius 1 is 1.57 bits per heavy atom. The van der Waals surface area contributed by atoms with E-state index in [4.69, 9.17) is 15.2 Å². The molecule has 1 unspecified atom stereocenters. The molecule has 9 nitrogen and oxygen atoms in total. The quantitative estimate of drug-likeness (QED) is 0.771. The maximum Gasteiger partial charge on any atom is 0.311 e. The molecular formula is C13H16N4O5S. The molecule has 1 aliphatic heterocycles. The molecule has 0 aromatic carbocycles. The highest BCUT2D eigenvalue weighted by atomic mass is 32.1. The molecule has 1 saturated heterocycles. The zero-order valence-corrected chi connectivity index (χ0v) is 13.4. The van der Waals surface area contributed by atoms with E-state index in [9.17, 15) is 14.4 Å². The third-order valence-corrected chi connectivity index (χ3v) is 4.61. The minimum Gasteiger partial charge on any atom is -0.458 e. The number of fused-ring (bicyclic) bond motifs is 1. The van der Waals surface area contributed by atoms with Crippen molar-refractivity contribution in [2.75, 3.05) is 5.73 Å². The van der Waals surface area contributed by atoms with Crippen LogP contribution >= 0.6 is 11.3 Å². The molecule has 3 heterocycles. The average molecular weight is 340 g/mol. The Morgan fingerprint density at radius 2 is 2.30 bits per heavy atom. The Bertz CT molecular complexity index is 869. The SMILES string of the molecule is CC[C@@H]1CC(OC(C)=O)[C@H](n2c(=O)sc3c(=O)[nH]c(N)nc32)O1. The number of nitrogen functional groups attached to an aromatic ring is 1. The summed E-state index contributed by atoms with van der Waals surface area (Å²) in [4.78, 5) is 41.6. The molecule has 2 aromatic heterocycles. The smallest absolute Gasteiger partial charge is 0.311 e. The summed E-state index contributed by atoms with van der Waals surface area (Å²) in [6.45, 7) is 3.24. The van der Waals surface area contributed by atoms with Crippen molar-refractivity contribution in [2.45, 2.75) is 45.1 Å². The predicted molar refractivity (Wildman–Crippen MR) is 83.3 cm³/mol. The van der Waals surface area contributed by atoms with Gasteiger partial charge in [0.05, 0.1) is 6.10 Å². The minimum absolute atomic E-state index is 0.0943. The number of nitrogens with two attached hydrogens (primary N) is 1. The number of nitrogens with zero attached hydrogens (tertiary/aromatic N) is 2. The fourth-order valence-corrected chi connectivity index (χ4v) is 3.54. The van der Waals surface area contributed by atoms with E-state index in [1.807, 2.05) is 6.92 Å². The molecule has 0 amide bonds. The van der Waals surface area contributed by atoms with E-state index in [-0.39, 0.29) is 22.4 Å². The number of ether oxygens (including phenoxy) is 2. The van der Waals surface area contributed by atoms with Gasteiger partial charge in [0, 0.05) is 13.3 Å². The lowest BCUT2D eigenvalue weighted by atomic mass is 10.1. The molecule has 3 rings (SSSR count). The number of carbonyl (C=O) groups excluding carboxylic acids is 1. The van der Waals surface area contributed by atoms with Crippen LogP contribution in [0.2, 0.25) is 0 Å². The summed E-state index contributed by atoms with van der Waals surface area (Å²) in [6, 6.07) is 0. The summed E-state index contributed by atoms with van der Waals surface area (Å²) < 4.78 is 12.5. The van der Waals surface area contributed by atoms with Crippen LogP contribution in [0, 0.1) is 0 Å². The second-order valence-corrected chi connectivity index (χ2v) is 6.24. The van der Waals surface area contributed by atoms with Crippen LogP contribution in [-0.4, -0.2) is 32.7 Å². The topological polar surface area (TPSA) is 129 Å². The van der Waals surface area contributed by atoms with E-state index < -0.39 is 28.7 Å². The first kappa shape index (κ1) is 15.7. The molecule has 0 bridgehead atoms. The number of aromatic nitrogens is 3. The maximum atomic E-state index is 12.3. The summed E-state index contributed by atoms with van der Waals surface area (Å²) in [7, 11) is 0. The van der Waals surface area contributed by atoms with Crippen LogP contribution in [0.25, 0.3) is 10.3 Å². The number of aromatic amines is 1. The molecule has 1 fully saturated rings. The first-order chi connectivity index (χ1) is 10.9. The lowest BCUT2D eigenvalue weighted by Crippen LogP contribution is -2.30. The van der Waals surface area contributed by atoms with Crippen molar-refractivity contribution in [1.82, 2.24) is 14.5 Å². The standard InChI is InChI=1S/C13H16N4O5S/c1-3-6-4-7(21-5(2)18)11(22-6)17-9-8(23-13(17)20)10(19)16-12(14)15-9/h6-7,11H,3-4H2,1-2H3,(H3,14,15,16,19)/t6-,7?,11-/m1/s1. The summed E-state index contributed by atoms with van der Waals surface area (Å²) in [5.74, 6) is -0.554. The van der Waals surface area contributed by atoms with E-state index >= 15 is 0 Å². The molecule has 1 aliphatic rings. The normalized spacial score (nSPS) is 24.2. The molecule has 0 aliphatic carbocycles. The average Bonchev–Trinajstić information content (AvgIpc) is 2.99. The van der Waals surface area contributed by atoms with Crippen molar-refractivity contribution in [2.24, 2.45) is 0 Å². The zero-order chi connectivity index (χ0) is 16.7. The van der Waals surface area contributed by atoms with E-state index in [1.54, 1.807) is 0 Å². The number of anilines is 1. The van der Waals surface area contributed by atoms with Gasteiger partial charge < -0.3 is 15.2 Å². The highest BCUT2D eigenvalue weighted by molar-refractivity contribution is 7.16. The Kier molecular flexibility index (Phi) is 3.94. The van der Waals surface area contributed by atoms with Crippen molar-refractivity contribution >= 4 is 33.6 Å². The second kappa shape index (κ2) is 5.78. The molecule has 3 atom stereocenters. The monoisotopic (exact) mass is 340 g/mol. The van der Waals surface area contributed by atoms with Crippen LogP contribution in [0.1, 0.15) is 32.9 Å². The molecule has 2 aromatic rings. The summed E-state index contributed by atoms with van der Waals surface area (Å²) >= 11 is 0.756. The van der Waals surface area contributed by atoms with E-state index in [2.05, 4.69) is 9.97 Å². The van der Waals surface area contributed by atoms with E-state index in [1.165, 1.54) is 11.5 Å². The van der Waals surface area contributed by atoms with Gasteiger partial charge in [0.25, 0.3) is 5.56 Å². The Hall–Kier alpha value is -2.20. The van der Waals surface area contributed by atoms with Gasteiger partial charge in [0.15, 0.2) is 11.9 Å². The van der Waals surface area contributed by atoms with Crippen molar-refractivity contribution < 1.29 is 14.3 Å². The fourth-order valence-electron chi connectivity index (χ4n) is 2.70. The molecule has 23 heavy (non-hydrogen) atoms. The van der Waals surface area contributed by atoms with Gasteiger partial charge in [-0.05, 0) is 6.42 Å². The van der Waals surface area contributed by atoms with Gasteiger partial charge >= 0.3 is 10.8 Å². The number of nitrogens with one attached hydrogen (secondary N) is 1. The fraction of sp³-hybridized carbons (Fsp3) is 0.538. The Labute approximate surface area is 134 Å². The highest BCUT2D eigenvalue weighted by Crippen LogP contribution is 2.34. The lowest BCUT2D eigenvalue weighted by Gasteiger charge is -2.19. The largest absolute Gasteiger partial charge is 0.458 e. The first-order valence-corrected chi connectivity index (χ1v) is 7.95. The van der Waals surface area contributed by atoms with Gasteiger partial charge in [0.2, 0.25) is 5.95 Å². The lowest BCUT2D eigenvalue weighted by molar-refractivity contribution is -0.152. The van der Waals surface area contributed by atoms with Gasteiger partial charge in [-0.1, -0.05) is 18.3 Å². The van der Waals surface area contributed by atoms with Gasteiger partial charge in [-0.3, -0.25) is 23.9 Å². The molecule has 0 spiro atoms. The maximum absolute atomic E-state index is 12.3. The van der Waals surface area contributed by atoms with Crippen LogP contribution in [0.4, 0.5) is 5.95 Å². The molecule has 10 heteroatoms. The van der Waals surface area contributed by atoms with Crippen LogP contribution in [-0.2, 0) is 14.3 Å². The van der Waals surface area contributed by atoms with Crippen LogP contribution in [0.3, 0.4) is 0 Å². The van der Waals surface area contributed by atoms with E-state index in [0.717, 1.165) is 11.3 Å². The second-order valence-electron chi connectivity index (χ2n) is 5.28. The van der Waals surface area contributed by atoms with Crippen LogP contribution in [0.5, 0.6) is 0 Å². The molecule has 3 N–H and O–H groups in total. The predicted octanol–water partition coefficient (Wildman–Crippen LogP) is 0.358. The number of hydrogen-bond acceptors (Lipinski definition) is 8. The Morgan fingerprint density at radius 3 is 2.96 bits per heavy atom. The van der Waals surface area contributed by atoms with Crippen molar-refractivity contribution in [1.29, 1.82) is 0 Å². The highest BCUT2D eigenvalue weighted by Gasteiger charge is 2.40. The molecule has 0 radical (unpaired) electrons. The number of hydrogen-bond donors (Lipinski definition) is 2.